The van der Waals surface area contributed by atoms with E-state index >= 15 is 0 Å². The van der Waals surface area contributed by atoms with E-state index < -0.39 is 0 Å². The number of hydrogen-bond donors (Lipinski definition) is 1. The van der Waals surface area contributed by atoms with Gasteiger partial charge in [-0.05, 0) is 38.8 Å². The molecule has 0 saturated heterocycles. The fourth-order valence-electron chi connectivity index (χ4n) is 1.51. The van der Waals surface area contributed by atoms with E-state index in [1.165, 1.54) is 0 Å². The predicted molar refractivity (Wildman–Crippen MR) is 62.5 cm³/mol. The lowest BCUT2D eigenvalue weighted by Crippen LogP contribution is -2.26. The Labute approximate surface area is 88.6 Å². The van der Waals surface area contributed by atoms with E-state index in [0.29, 0.717) is 0 Å². The summed E-state index contributed by atoms with van der Waals surface area (Å²) in [6.45, 7) is 11.2. The number of allylic oxidation sites excluding steroid dienone is 1. The summed E-state index contributed by atoms with van der Waals surface area (Å²) < 4.78 is 0. The topological polar surface area (TPSA) is 23.5 Å². The molecule has 0 aromatic carbocycles. The Kier molecular flexibility index (Phi) is 9.00. The van der Waals surface area contributed by atoms with Gasteiger partial charge in [-0.2, -0.15) is 0 Å². The molecule has 0 rings (SSSR count). The van der Waals surface area contributed by atoms with Crippen molar-refractivity contribution in [2.75, 3.05) is 19.6 Å². The van der Waals surface area contributed by atoms with Crippen molar-refractivity contribution >= 4 is 0 Å². The van der Waals surface area contributed by atoms with Crippen LogP contribution in [0.1, 0.15) is 39.5 Å². The SMILES string of the molecule is C=CCCCC(O)CCN(CC)CC. The van der Waals surface area contributed by atoms with E-state index in [0.717, 1.165) is 45.3 Å². The molecule has 0 amide bonds. The van der Waals surface area contributed by atoms with E-state index in [-0.39, 0.29) is 6.10 Å². The molecule has 2 nitrogen and oxygen atoms in total. The smallest absolute Gasteiger partial charge is 0.0552 e. The van der Waals surface area contributed by atoms with Crippen LogP contribution in [0.2, 0.25) is 0 Å². The Balaban J connectivity index is 3.41. The lowest BCUT2D eigenvalue weighted by atomic mass is 10.1. The summed E-state index contributed by atoms with van der Waals surface area (Å²) in [5.74, 6) is 0. The molecule has 0 aliphatic carbocycles. The molecule has 1 atom stereocenters. The van der Waals surface area contributed by atoms with Crippen molar-refractivity contribution < 1.29 is 5.11 Å². The first-order chi connectivity index (χ1) is 6.74. The third kappa shape index (κ3) is 7.10. The molecule has 0 spiro atoms. The fourth-order valence-corrected chi connectivity index (χ4v) is 1.51. The molecule has 0 bridgehead atoms. The van der Waals surface area contributed by atoms with Gasteiger partial charge in [0, 0.05) is 6.54 Å². The molecule has 0 saturated carbocycles. The summed E-state index contributed by atoms with van der Waals surface area (Å²) in [5.41, 5.74) is 0. The molecule has 0 fully saturated rings. The molecule has 0 heterocycles. The Bertz CT molecular complexity index is 132. The van der Waals surface area contributed by atoms with Gasteiger partial charge in [-0.15, -0.1) is 6.58 Å². The van der Waals surface area contributed by atoms with Gasteiger partial charge in [0.05, 0.1) is 6.10 Å². The van der Waals surface area contributed by atoms with E-state index in [9.17, 15) is 5.11 Å². The maximum atomic E-state index is 9.65. The molecular formula is C12H25NO. The lowest BCUT2D eigenvalue weighted by molar-refractivity contribution is 0.133. The van der Waals surface area contributed by atoms with Crippen molar-refractivity contribution in [3.05, 3.63) is 12.7 Å². The van der Waals surface area contributed by atoms with Gasteiger partial charge in [0.1, 0.15) is 0 Å². The molecule has 1 unspecified atom stereocenters. The van der Waals surface area contributed by atoms with Crippen LogP contribution in [0.15, 0.2) is 12.7 Å². The average molecular weight is 199 g/mol. The Morgan fingerprint density at radius 1 is 1.29 bits per heavy atom. The van der Waals surface area contributed by atoms with Gasteiger partial charge in [0.15, 0.2) is 0 Å². The van der Waals surface area contributed by atoms with Gasteiger partial charge < -0.3 is 10.0 Å². The molecule has 0 aliphatic heterocycles. The number of rotatable bonds is 9. The Hall–Kier alpha value is -0.340. The van der Waals surface area contributed by atoms with Crippen molar-refractivity contribution in [2.24, 2.45) is 0 Å². The molecule has 84 valence electrons. The van der Waals surface area contributed by atoms with E-state index in [2.05, 4.69) is 25.3 Å². The molecule has 0 aromatic rings. The van der Waals surface area contributed by atoms with Crippen molar-refractivity contribution in [1.29, 1.82) is 0 Å². The first-order valence-electron chi connectivity index (χ1n) is 5.75. The van der Waals surface area contributed by atoms with E-state index in [4.69, 9.17) is 0 Å². The number of hydrogen-bond acceptors (Lipinski definition) is 2. The van der Waals surface area contributed by atoms with Gasteiger partial charge in [-0.3, -0.25) is 0 Å². The summed E-state index contributed by atoms with van der Waals surface area (Å²) in [6.07, 6.45) is 5.67. The predicted octanol–water partition coefficient (Wildman–Crippen LogP) is 2.44. The third-order valence-electron chi connectivity index (χ3n) is 2.62. The number of aliphatic hydroxyl groups excluding tert-OH is 1. The highest BCUT2D eigenvalue weighted by Gasteiger charge is 2.05. The van der Waals surface area contributed by atoms with E-state index in [1.54, 1.807) is 0 Å². The summed E-state index contributed by atoms with van der Waals surface area (Å²) in [4.78, 5) is 2.34. The number of nitrogens with zero attached hydrogens (tertiary/aromatic N) is 1. The van der Waals surface area contributed by atoms with Crippen LogP contribution >= 0.6 is 0 Å². The van der Waals surface area contributed by atoms with Crippen LogP contribution in [-0.2, 0) is 0 Å². The molecular weight excluding hydrogens is 174 g/mol. The maximum absolute atomic E-state index is 9.65. The fraction of sp³-hybridized carbons (Fsp3) is 0.833. The molecule has 0 aliphatic rings. The quantitative estimate of drug-likeness (QED) is 0.455. The van der Waals surface area contributed by atoms with Gasteiger partial charge in [-0.1, -0.05) is 19.9 Å². The zero-order valence-corrected chi connectivity index (χ0v) is 9.71. The molecule has 0 radical (unpaired) electrons. The van der Waals surface area contributed by atoms with Crippen LogP contribution in [0.25, 0.3) is 0 Å². The zero-order chi connectivity index (χ0) is 10.8. The van der Waals surface area contributed by atoms with Gasteiger partial charge >= 0.3 is 0 Å². The molecule has 2 heteroatoms. The van der Waals surface area contributed by atoms with Gasteiger partial charge in [0.25, 0.3) is 0 Å². The van der Waals surface area contributed by atoms with Gasteiger partial charge in [-0.25, -0.2) is 0 Å². The average Bonchev–Trinajstić information content (AvgIpc) is 2.20. The first kappa shape index (κ1) is 13.7. The largest absolute Gasteiger partial charge is 0.393 e. The van der Waals surface area contributed by atoms with Crippen molar-refractivity contribution in [1.82, 2.24) is 4.90 Å². The van der Waals surface area contributed by atoms with Crippen LogP contribution in [0.4, 0.5) is 0 Å². The summed E-state index contributed by atoms with van der Waals surface area (Å²) in [5, 5.41) is 9.65. The minimum Gasteiger partial charge on any atom is -0.393 e. The van der Waals surface area contributed by atoms with Crippen molar-refractivity contribution in [3.8, 4) is 0 Å². The monoisotopic (exact) mass is 199 g/mol. The van der Waals surface area contributed by atoms with Crippen molar-refractivity contribution in [2.45, 2.75) is 45.6 Å². The molecule has 14 heavy (non-hydrogen) atoms. The molecule has 1 N–H and O–H groups in total. The second kappa shape index (κ2) is 9.22. The second-order valence-corrected chi connectivity index (χ2v) is 3.69. The van der Waals surface area contributed by atoms with Crippen LogP contribution in [0, 0.1) is 0 Å². The highest BCUT2D eigenvalue weighted by Crippen LogP contribution is 2.05. The minimum atomic E-state index is -0.129. The van der Waals surface area contributed by atoms with Crippen LogP contribution < -0.4 is 0 Å². The highest BCUT2D eigenvalue weighted by atomic mass is 16.3. The van der Waals surface area contributed by atoms with Crippen molar-refractivity contribution in [3.63, 3.8) is 0 Å². The van der Waals surface area contributed by atoms with E-state index in [1.807, 2.05) is 6.08 Å². The van der Waals surface area contributed by atoms with Crippen LogP contribution in [0.5, 0.6) is 0 Å². The van der Waals surface area contributed by atoms with Crippen LogP contribution in [-0.4, -0.2) is 35.7 Å². The summed E-state index contributed by atoms with van der Waals surface area (Å²) in [6, 6.07) is 0. The lowest BCUT2D eigenvalue weighted by Gasteiger charge is -2.19. The zero-order valence-electron chi connectivity index (χ0n) is 9.71. The number of unbranched alkanes of at least 4 members (excludes halogenated alkanes) is 1. The van der Waals surface area contributed by atoms with Crippen LogP contribution in [0.3, 0.4) is 0 Å². The Morgan fingerprint density at radius 3 is 2.43 bits per heavy atom. The maximum Gasteiger partial charge on any atom is 0.0552 e. The third-order valence-corrected chi connectivity index (χ3v) is 2.62. The Morgan fingerprint density at radius 2 is 1.93 bits per heavy atom. The minimum absolute atomic E-state index is 0.129. The summed E-state index contributed by atoms with van der Waals surface area (Å²) in [7, 11) is 0. The first-order valence-corrected chi connectivity index (χ1v) is 5.75. The summed E-state index contributed by atoms with van der Waals surface area (Å²) >= 11 is 0. The molecule has 0 aromatic heterocycles. The normalized spacial score (nSPS) is 13.1. The van der Waals surface area contributed by atoms with Gasteiger partial charge in [0.2, 0.25) is 0 Å². The standard InChI is InChI=1S/C12H25NO/c1-4-7-8-9-12(14)10-11-13(5-2)6-3/h4,12,14H,1,5-11H2,2-3H3. The second-order valence-electron chi connectivity index (χ2n) is 3.69. The highest BCUT2D eigenvalue weighted by molar-refractivity contribution is 4.68. The number of aliphatic hydroxyl groups is 1.